The number of nitrogens with zero attached hydrogens (tertiary/aromatic N) is 1. The average molecular weight is 295 g/mol. The van der Waals surface area contributed by atoms with Crippen molar-refractivity contribution >= 4 is 17.9 Å². The molecule has 1 aliphatic heterocycles. The van der Waals surface area contributed by atoms with Crippen molar-refractivity contribution in [2.45, 2.75) is 19.9 Å². The van der Waals surface area contributed by atoms with Crippen LogP contribution in [0.5, 0.6) is 0 Å². The van der Waals surface area contributed by atoms with E-state index in [1.807, 2.05) is 0 Å². The summed E-state index contributed by atoms with van der Waals surface area (Å²) >= 11 is 0. The molecular formula is C13H17N3O5. The molecule has 8 nitrogen and oxygen atoms in total. The molecule has 1 unspecified atom stereocenters. The van der Waals surface area contributed by atoms with E-state index in [1.54, 1.807) is 6.92 Å². The lowest BCUT2D eigenvalue weighted by molar-refractivity contribution is -0.126. The highest BCUT2D eigenvalue weighted by molar-refractivity contribution is 5.84. The molecule has 1 saturated heterocycles. The van der Waals surface area contributed by atoms with Gasteiger partial charge in [-0.2, -0.15) is 0 Å². The van der Waals surface area contributed by atoms with Crippen molar-refractivity contribution in [1.29, 1.82) is 0 Å². The van der Waals surface area contributed by atoms with Gasteiger partial charge in [-0.1, -0.05) is 0 Å². The molecule has 1 aromatic heterocycles. The number of carboxylic acids is 1. The van der Waals surface area contributed by atoms with Crippen LogP contribution in [0, 0.1) is 5.41 Å². The number of carboxylic acid groups (broad SMARTS) is 1. The van der Waals surface area contributed by atoms with Crippen LogP contribution in [0.4, 0.5) is 4.79 Å². The van der Waals surface area contributed by atoms with E-state index in [1.165, 1.54) is 17.0 Å². The number of aromatic carboxylic acids is 1. The Labute approximate surface area is 120 Å². The predicted octanol–water partition coefficient (Wildman–Crippen LogP) is 0.385. The van der Waals surface area contributed by atoms with Gasteiger partial charge in [0.05, 0.1) is 12.0 Å². The third-order valence-corrected chi connectivity index (χ3v) is 3.64. The van der Waals surface area contributed by atoms with Gasteiger partial charge in [-0.15, -0.1) is 0 Å². The zero-order valence-corrected chi connectivity index (χ0v) is 11.6. The summed E-state index contributed by atoms with van der Waals surface area (Å²) in [6, 6.07) is 2.47. The first-order valence-corrected chi connectivity index (χ1v) is 6.46. The number of carbonyl (C=O) groups excluding carboxylic acids is 2. The SMILES string of the molecule is CC1(C(N)=O)CCN(C(=O)NCc2ccc(C(=O)O)o2)C1. The van der Waals surface area contributed by atoms with Gasteiger partial charge in [-0.25, -0.2) is 9.59 Å². The van der Waals surface area contributed by atoms with Crippen molar-refractivity contribution in [2.75, 3.05) is 13.1 Å². The quantitative estimate of drug-likeness (QED) is 0.740. The second kappa shape index (κ2) is 5.47. The van der Waals surface area contributed by atoms with Crippen LogP contribution in [0.15, 0.2) is 16.5 Å². The summed E-state index contributed by atoms with van der Waals surface area (Å²) in [5, 5.41) is 11.3. The van der Waals surface area contributed by atoms with E-state index in [0.717, 1.165) is 0 Å². The predicted molar refractivity (Wildman–Crippen MR) is 71.4 cm³/mol. The fourth-order valence-corrected chi connectivity index (χ4v) is 2.20. The molecule has 21 heavy (non-hydrogen) atoms. The summed E-state index contributed by atoms with van der Waals surface area (Å²) in [5.41, 5.74) is 4.63. The van der Waals surface area contributed by atoms with E-state index in [0.29, 0.717) is 18.7 Å². The number of hydrogen-bond acceptors (Lipinski definition) is 4. The molecule has 0 aliphatic carbocycles. The van der Waals surface area contributed by atoms with Gasteiger partial charge in [-0.05, 0) is 25.5 Å². The van der Waals surface area contributed by atoms with Crippen LogP contribution in [-0.4, -0.2) is 41.0 Å². The molecule has 2 rings (SSSR count). The molecular weight excluding hydrogens is 278 g/mol. The number of carbonyl (C=O) groups is 3. The highest BCUT2D eigenvalue weighted by Crippen LogP contribution is 2.29. The van der Waals surface area contributed by atoms with E-state index in [9.17, 15) is 14.4 Å². The van der Waals surface area contributed by atoms with Crippen LogP contribution in [-0.2, 0) is 11.3 Å². The third kappa shape index (κ3) is 3.15. The lowest BCUT2D eigenvalue weighted by Gasteiger charge is -2.21. The van der Waals surface area contributed by atoms with Crippen LogP contribution >= 0.6 is 0 Å². The van der Waals surface area contributed by atoms with Crippen LogP contribution in [0.25, 0.3) is 0 Å². The van der Waals surface area contributed by atoms with E-state index in [2.05, 4.69) is 5.32 Å². The van der Waals surface area contributed by atoms with E-state index in [4.69, 9.17) is 15.3 Å². The number of likely N-dealkylation sites (tertiary alicyclic amines) is 1. The zero-order valence-electron chi connectivity index (χ0n) is 11.6. The maximum absolute atomic E-state index is 12.0. The zero-order chi connectivity index (χ0) is 15.6. The largest absolute Gasteiger partial charge is 0.475 e. The molecule has 2 heterocycles. The van der Waals surface area contributed by atoms with Gasteiger partial charge in [0.25, 0.3) is 0 Å². The van der Waals surface area contributed by atoms with E-state index < -0.39 is 17.3 Å². The lowest BCUT2D eigenvalue weighted by atomic mass is 9.89. The highest BCUT2D eigenvalue weighted by atomic mass is 16.4. The number of rotatable bonds is 4. The van der Waals surface area contributed by atoms with Crippen molar-refractivity contribution in [3.8, 4) is 0 Å². The Morgan fingerprint density at radius 2 is 2.19 bits per heavy atom. The summed E-state index contributed by atoms with van der Waals surface area (Å²) in [4.78, 5) is 35.5. The first-order chi connectivity index (χ1) is 9.82. The van der Waals surface area contributed by atoms with Crippen molar-refractivity contribution in [1.82, 2.24) is 10.2 Å². The van der Waals surface area contributed by atoms with Crippen LogP contribution in [0.1, 0.15) is 29.7 Å². The molecule has 0 radical (unpaired) electrons. The number of furan rings is 1. The number of urea groups is 1. The molecule has 0 saturated carbocycles. The van der Waals surface area contributed by atoms with Crippen molar-refractivity contribution in [2.24, 2.45) is 11.1 Å². The number of hydrogen-bond donors (Lipinski definition) is 3. The summed E-state index contributed by atoms with van der Waals surface area (Å²) in [7, 11) is 0. The summed E-state index contributed by atoms with van der Waals surface area (Å²) < 4.78 is 5.03. The minimum atomic E-state index is -1.16. The molecule has 1 atom stereocenters. The first kappa shape index (κ1) is 14.9. The smallest absolute Gasteiger partial charge is 0.371 e. The minimum Gasteiger partial charge on any atom is -0.475 e. The second-order valence-corrected chi connectivity index (χ2v) is 5.33. The van der Waals surface area contributed by atoms with Crippen molar-refractivity contribution < 1.29 is 23.9 Å². The van der Waals surface area contributed by atoms with Gasteiger partial charge in [0, 0.05) is 13.1 Å². The monoisotopic (exact) mass is 295 g/mol. The topological polar surface area (TPSA) is 126 Å². The summed E-state index contributed by atoms with van der Waals surface area (Å²) in [5.74, 6) is -1.42. The van der Waals surface area contributed by atoms with E-state index in [-0.39, 0.29) is 24.9 Å². The first-order valence-electron chi connectivity index (χ1n) is 6.46. The number of nitrogens with two attached hydrogens (primary N) is 1. The van der Waals surface area contributed by atoms with Crippen LogP contribution in [0.3, 0.4) is 0 Å². The van der Waals surface area contributed by atoms with Crippen LogP contribution in [0.2, 0.25) is 0 Å². The van der Waals surface area contributed by atoms with Gasteiger partial charge in [0.2, 0.25) is 11.7 Å². The Balaban J connectivity index is 1.88. The van der Waals surface area contributed by atoms with Crippen LogP contribution < -0.4 is 11.1 Å². The molecule has 114 valence electrons. The Hall–Kier alpha value is -2.51. The Kier molecular flexibility index (Phi) is 3.88. The molecule has 1 aromatic rings. The molecule has 0 bridgehead atoms. The fourth-order valence-electron chi connectivity index (χ4n) is 2.20. The molecule has 4 N–H and O–H groups in total. The Morgan fingerprint density at radius 1 is 1.48 bits per heavy atom. The van der Waals surface area contributed by atoms with Gasteiger partial charge in [-0.3, -0.25) is 4.79 Å². The fraction of sp³-hybridized carbons (Fsp3) is 0.462. The Bertz CT molecular complexity index is 582. The number of amides is 3. The molecule has 3 amide bonds. The number of nitrogens with one attached hydrogen (secondary N) is 1. The normalized spacial score (nSPS) is 21.3. The van der Waals surface area contributed by atoms with Crippen molar-refractivity contribution in [3.63, 3.8) is 0 Å². The standard InChI is InChI=1S/C13H17N3O5/c1-13(11(14)19)4-5-16(7-13)12(20)15-6-8-2-3-9(21-8)10(17)18/h2-3H,4-7H2,1H3,(H2,14,19)(H,15,20)(H,17,18). The molecule has 0 aromatic carbocycles. The maximum atomic E-state index is 12.0. The highest BCUT2D eigenvalue weighted by Gasteiger charge is 2.40. The Morgan fingerprint density at radius 3 is 2.71 bits per heavy atom. The van der Waals surface area contributed by atoms with Crippen molar-refractivity contribution in [3.05, 3.63) is 23.7 Å². The van der Waals surface area contributed by atoms with E-state index >= 15 is 0 Å². The second-order valence-electron chi connectivity index (χ2n) is 5.33. The molecule has 8 heteroatoms. The molecule has 1 aliphatic rings. The molecule has 0 spiro atoms. The van der Waals surface area contributed by atoms with Gasteiger partial charge in [0.1, 0.15) is 5.76 Å². The third-order valence-electron chi connectivity index (χ3n) is 3.64. The average Bonchev–Trinajstić information content (AvgIpc) is 3.03. The molecule has 1 fully saturated rings. The van der Waals surface area contributed by atoms with Gasteiger partial charge < -0.3 is 25.5 Å². The maximum Gasteiger partial charge on any atom is 0.371 e. The summed E-state index contributed by atoms with van der Waals surface area (Å²) in [6.07, 6.45) is 0.527. The van der Waals surface area contributed by atoms with Gasteiger partial charge >= 0.3 is 12.0 Å². The summed E-state index contributed by atoms with van der Waals surface area (Å²) in [6.45, 7) is 2.53. The number of primary amides is 1. The minimum absolute atomic E-state index is 0.0793. The van der Waals surface area contributed by atoms with Gasteiger partial charge in [0.15, 0.2) is 0 Å². The lowest BCUT2D eigenvalue weighted by Crippen LogP contribution is -2.42.